The number of aliphatic hydroxyl groups excluding tert-OH is 1. The second-order valence-electron chi connectivity index (χ2n) is 4.16. The topological polar surface area (TPSA) is 49.8 Å². The number of nitrogens with zero attached hydrogens (tertiary/aromatic N) is 1. The van der Waals surface area contributed by atoms with Crippen LogP contribution in [0.1, 0.15) is 20.3 Å². The van der Waals surface area contributed by atoms with Gasteiger partial charge in [-0.3, -0.25) is 0 Å². The van der Waals surface area contributed by atoms with Crippen molar-refractivity contribution in [1.29, 1.82) is 0 Å². The maximum Gasteiger partial charge on any atom is 0.415 e. The minimum atomic E-state index is -0.608. The normalized spacial score (nSPS) is 10.5. The van der Waals surface area contributed by atoms with Gasteiger partial charge in [0.15, 0.2) is 11.6 Å². The summed E-state index contributed by atoms with van der Waals surface area (Å²) in [6, 6.07) is 5.68. The van der Waals surface area contributed by atoms with Crippen LogP contribution in [0.5, 0.6) is 5.75 Å². The molecule has 0 aromatic heterocycles. The number of rotatable bonds is 5. The summed E-state index contributed by atoms with van der Waals surface area (Å²) >= 11 is 0. The lowest BCUT2D eigenvalue weighted by Crippen LogP contribution is -2.40. The van der Waals surface area contributed by atoms with Crippen molar-refractivity contribution in [2.75, 3.05) is 13.2 Å². The van der Waals surface area contributed by atoms with E-state index in [0.29, 0.717) is 13.0 Å². The van der Waals surface area contributed by atoms with Crippen molar-refractivity contribution in [3.05, 3.63) is 30.1 Å². The Morgan fingerprint density at radius 2 is 2.11 bits per heavy atom. The minimum Gasteiger partial charge on any atom is -0.407 e. The molecule has 1 aromatic carbocycles. The average Bonchev–Trinajstić information content (AvgIpc) is 2.32. The van der Waals surface area contributed by atoms with E-state index in [2.05, 4.69) is 0 Å². The van der Waals surface area contributed by atoms with Crippen LogP contribution in [0.2, 0.25) is 0 Å². The van der Waals surface area contributed by atoms with Gasteiger partial charge in [0.2, 0.25) is 0 Å². The van der Waals surface area contributed by atoms with Crippen molar-refractivity contribution < 1.29 is 19.0 Å². The van der Waals surface area contributed by atoms with Crippen molar-refractivity contribution >= 4 is 6.09 Å². The molecule has 1 amide bonds. The van der Waals surface area contributed by atoms with Crippen LogP contribution < -0.4 is 4.74 Å². The number of hydrogen-bond donors (Lipinski definition) is 1. The first-order chi connectivity index (χ1) is 8.56. The van der Waals surface area contributed by atoms with E-state index in [1.807, 2.05) is 13.8 Å². The standard InChI is InChI=1S/C13H18FNO3/c1-10(2)15(8-5-9-16)13(17)18-12-7-4-3-6-11(12)14/h3-4,6-7,10,16H,5,8-9H2,1-2H3. The molecule has 5 heteroatoms. The van der Waals surface area contributed by atoms with Crippen LogP contribution >= 0.6 is 0 Å². The third-order valence-corrected chi connectivity index (χ3v) is 2.45. The molecule has 1 N–H and O–H groups in total. The van der Waals surface area contributed by atoms with Crippen LogP contribution in [0.25, 0.3) is 0 Å². The summed E-state index contributed by atoms with van der Waals surface area (Å²) in [4.78, 5) is 13.3. The molecular weight excluding hydrogens is 237 g/mol. The third kappa shape index (κ3) is 4.00. The van der Waals surface area contributed by atoms with Crippen LogP contribution in [0.3, 0.4) is 0 Å². The van der Waals surface area contributed by atoms with E-state index < -0.39 is 11.9 Å². The molecule has 0 atom stereocenters. The van der Waals surface area contributed by atoms with Gasteiger partial charge in [-0.1, -0.05) is 12.1 Å². The molecule has 1 aromatic rings. The summed E-state index contributed by atoms with van der Waals surface area (Å²) in [7, 11) is 0. The number of carbonyl (C=O) groups excluding carboxylic acids is 1. The minimum absolute atomic E-state index is 0.00377. The van der Waals surface area contributed by atoms with E-state index in [1.165, 1.54) is 23.1 Å². The molecule has 0 saturated heterocycles. The Kier molecular flexibility index (Phi) is 5.58. The van der Waals surface area contributed by atoms with Crippen LogP contribution in [0.4, 0.5) is 9.18 Å². The molecule has 100 valence electrons. The van der Waals surface area contributed by atoms with Gasteiger partial charge in [-0.25, -0.2) is 9.18 Å². The lowest BCUT2D eigenvalue weighted by atomic mass is 10.3. The molecule has 0 saturated carbocycles. The molecule has 0 fully saturated rings. The van der Waals surface area contributed by atoms with Crippen LogP contribution in [0.15, 0.2) is 24.3 Å². The molecule has 0 radical (unpaired) electrons. The van der Waals surface area contributed by atoms with Crippen molar-refractivity contribution in [3.63, 3.8) is 0 Å². The summed E-state index contributed by atoms with van der Waals surface area (Å²) in [5.74, 6) is -0.658. The number of aliphatic hydroxyl groups is 1. The monoisotopic (exact) mass is 255 g/mol. The first-order valence-corrected chi connectivity index (χ1v) is 5.90. The molecule has 0 aliphatic rings. The summed E-state index contributed by atoms with van der Waals surface area (Å²) in [6.07, 6.45) is -0.145. The largest absolute Gasteiger partial charge is 0.415 e. The number of para-hydroxylation sites is 1. The van der Waals surface area contributed by atoms with Gasteiger partial charge in [-0.05, 0) is 32.4 Å². The fraction of sp³-hybridized carbons (Fsp3) is 0.462. The number of benzene rings is 1. The zero-order chi connectivity index (χ0) is 13.5. The number of carbonyl (C=O) groups is 1. The molecule has 0 aliphatic heterocycles. The smallest absolute Gasteiger partial charge is 0.407 e. The second kappa shape index (κ2) is 6.96. The van der Waals surface area contributed by atoms with E-state index in [0.717, 1.165) is 0 Å². The van der Waals surface area contributed by atoms with E-state index in [1.54, 1.807) is 6.07 Å². The average molecular weight is 255 g/mol. The van der Waals surface area contributed by atoms with Crippen LogP contribution in [-0.4, -0.2) is 35.3 Å². The Morgan fingerprint density at radius 3 is 2.67 bits per heavy atom. The quantitative estimate of drug-likeness (QED) is 0.879. The Hall–Kier alpha value is -1.62. The van der Waals surface area contributed by atoms with Gasteiger partial charge in [0, 0.05) is 19.2 Å². The Bertz CT molecular complexity index is 396. The highest BCUT2D eigenvalue weighted by molar-refractivity contribution is 5.71. The van der Waals surface area contributed by atoms with E-state index in [4.69, 9.17) is 9.84 Å². The maximum atomic E-state index is 13.3. The molecule has 4 nitrogen and oxygen atoms in total. The van der Waals surface area contributed by atoms with Gasteiger partial charge in [-0.15, -0.1) is 0 Å². The third-order valence-electron chi connectivity index (χ3n) is 2.45. The van der Waals surface area contributed by atoms with Gasteiger partial charge in [-0.2, -0.15) is 0 Å². The predicted octanol–water partition coefficient (Wildman–Crippen LogP) is 2.42. The molecule has 0 bridgehead atoms. The van der Waals surface area contributed by atoms with Gasteiger partial charge in [0.25, 0.3) is 0 Å². The van der Waals surface area contributed by atoms with Crippen molar-refractivity contribution in [1.82, 2.24) is 4.90 Å². The Morgan fingerprint density at radius 1 is 1.44 bits per heavy atom. The van der Waals surface area contributed by atoms with E-state index in [-0.39, 0.29) is 18.4 Å². The Balaban J connectivity index is 2.70. The highest BCUT2D eigenvalue weighted by Crippen LogP contribution is 2.17. The second-order valence-corrected chi connectivity index (χ2v) is 4.16. The van der Waals surface area contributed by atoms with Crippen molar-refractivity contribution in [2.24, 2.45) is 0 Å². The van der Waals surface area contributed by atoms with Gasteiger partial charge < -0.3 is 14.7 Å². The highest BCUT2D eigenvalue weighted by atomic mass is 19.1. The lowest BCUT2D eigenvalue weighted by Gasteiger charge is -2.25. The molecule has 0 spiro atoms. The summed E-state index contributed by atoms with van der Waals surface area (Å²) < 4.78 is 18.3. The molecule has 0 unspecified atom stereocenters. The Labute approximate surface area is 106 Å². The van der Waals surface area contributed by atoms with E-state index in [9.17, 15) is 9.18 Å². The molecular formula is C13H18FNO3. The predicted molar refractivity (Wildman–Crippen MR) is 66.0 cm³/mol. The fourth-order valence-corrected chi connectivity index (χ4v) is 1.48. The zero-order valence-electron chi connectivity index (χ0n) is 10.6. The number of hydrogen-bond acceptors (Lipinski definition) is 3. The molecule has 0 heterocycles. The molecule has 0 aliphatic carbocycles. The van der Waals surface area contributed by atoms with Crippen molar-refractivity contribution in [3.8, 4) is 5.75 Å². The summed E-state index contributed by atoms with van der Waals surface area (Å²) in [5, 5.41) is 8.77. The zero-order valence-corrected chi connectivity index (χ0v) is 10.6. The van der Waals surface area contributed by atoms with Gasteiger partial charge in [0.05, 0.1) is 0 Å². The number of amides is 1. The summed E-state index contributed by atoms with van der Waals surface area (Å²) in [6.45, 7) is 4.04. The highest BCUT2D eigenvalue weighted by Gasteiger charge is 2.19. The lowest BCUT2D eigenvalue weighted by molar-refractivity contribution is 0.132. The number of halogens is 1. The molecule has 18 heavy (non-hydrogen) atoms. The first kappa shape index (κ1) is 14.4. The van der Waals surface area contributed by atoms with Crippen molar-refractivity contribution in [2.45, 2.75) is 26.3 Å². The van der Waals surface area contributed by atoms with Crippen LogP contribution in [0, 0.1) is 5.82 Å². The first-order valence-electron chi connectivity index (χ1n) is 5.90. The SMILES string of the molecule is CC(C)N(CCCO)C(=O)Oc1ccccc1F. The molecule has 1 rings (SSSR count). The summed E-state index contributed by atoms with van der Waals surface area (Å²) in [5.41, 5.74) is 0. The maximum absolute atomic E-state index is 13.3. The van der Waals surface area contributed by atoms with Crippen LogP contribution in [-0.2, 0) is 0 Å². The van der Waals surface area contributed by atoms with E-state index >= 15 is 0 Å². The number of ether oxygens (including phenoxy) is 1. The van der Waals surface area contributed by atoms with Gasteiger partial charge >= 0.3 is 6.09 Å². The van der Waals surface area contributed by atoms with Gasteiger partial charge in [0.1, 0.15) is 0 Å². The fourth-order valence-electron chi connectivity index (χ4n) is 1.48.